The second-order valence-corrected chi connectivity index (χ2v) is 5.81. The van der Waals surface area contributed by atoms with Gasteiger partial charge < -0.3 is 9.72 Å². The summed E-state index contributed by atoms with van der Waals surface area (Å²) in [7, 11) is 0. The molecule has 130 valence electrons. The van der Waals surface area contributed by atoms with Crippen LogP contribution < -0.4 is 10.2 Å². The molecule has 0 saturated carbocycles. The Balaban J connectivity index is 1.94. The fourth-order valence-corrected chi connectivity index (χ4v) is 2.66. The van der Waals surface area contributed by atoms with Gasteiger partial charge in [0.2, 0.25) is 5.43 Å². The van der Waals surface area contributed by atoms with E-state index in [0.29, 0.717) is 0 Å². The van der Waals surface area contributed by atoms with Gasteiger partial charge >= 0.3 is 0 Å². The molecule has 26 heavy (non-hydrogen) atoms. The monoisotopic (exact) mass is 345 g/mol. The minimum Gasteiger partial charge on any atom is -0.475 e. The van der Waals surface area contributed by atoms with E-state index in [1.54, 1.807) is 0 Å². The Labute approximate surface area is 151 Å². The molecule has 0 aliphatic rings. The highest BCUT2D eigenvalue weighted by Crippen LogP contribution is 2.26. The Kier molecular flexibility index (Phi) is 5.44. The fourth-order valence-electron chi connectivity index (χ4n) is 2.66. The molecule has 0 atom stereocenters. The van der Waals surface area contributed by atoms with Gasteiger partial charge in [0.1, 0.15) is 6.10 Å². The van der Waals surface area contributed by atoms with Crippen molar-refractivity contribution in [2.75, 3.05) is 0 Å². The molecule has 0 unspecified atom stereocenters. The van der Waals surface area contributed by atoms with Crippen molar-refractivity contribution >= 4 is 5.78 Å². The first-order chi connectivity index (χ1) is 12.7. The molecule has 0 amide bonds. The highest BCUT2D eigenvalue weighted by Gasteiger charge is 2.18. The second kappa shape index (κ2) is 8.12. The lowest BCUT2D eigenvalue weighted by Gasteiger charge is -2.19. The number of benzene rings is 2. The van der Waals surface area contributed by atoms with E-state index in [9.17, 15) is 9.59 Å². The summed E-state index contributed by atoms with van der Waals surface area (Å²) in [4.78, 5) is 27.2. The van der Waals surface area contributed by atoms with Crippen LogP contribution in [0.2, 0.25) is 0 Å². The van der Waals surface area contributed by atoms with Gasteiger partial charge in [0.25, 0.3) is 0 Å². The summed E-state index contributed by atoms with van der Waals surface area (Å²) in [5.74, 6) is -0.0239. The van der Waals surface area contributed by atoms with Crippen LogP contribution >= 0.6 is 0 Å². The van der Waals surface area contributed by atoms with Gasteiger partial charge in [0.15, 0.2) is 11.5 Å². The molecule has 0 spiro atoms. The van der Waals surface area contributed by atoms with E-state index >= 15 is 0 Å². The number of carbonyl (C=O) groups is 1. The SMILES string of the molecule is C=CCC(=O)c1cc(=O)c(OC(c2ccccc2)c2ccccc2)c[nH]1. The summed E-state index contributed by atoms with van der Waals surface area (Å²) in [5.41, 5.74) is 1.78. The maximum absolute atomic E-state index is 12.4. The molecule has 1 N–H and O–H groups in total. The van der Waals surface area contributed by atoms with Crippen LogP contribution in [0.5, 0.6) is 5.75 Å². The lowest BCUT2D eigenvalue weighted by molar-refractivity contribution is 0.0991. The first-order valence-electron chi connectivity index (χ1n) is 8.32. The number of ketones is 1. The zero-order valence-corrected chi connectivity index (χ0v) is 14.2. The van der Waals surface area contributed by atoms with Crippen LogP contribution in [-0.2, 0) is 0 Å². The number of hydrogen-bond donors (Lipinski definition) is 1. The van der Waals surface area contributed by atoms with E-state index in [1.807, 2.05) is 60.7 Å². The predicted octanol–water partition coefficient (Wildman–Crippen LogP) is 4.30. The largest absolute Gasteiger partial charge is 0.475 e. The lowest BCUT2D eigenvalue weighted by Crippen LogP contribution is -2.16. The zero-order chi connectivity index (χ0) is 18.4. The summed E-state index contributed by atoms with van der Waals surface area (Å²) in [6, 6.07) is 20.6. The van der Waals surface area contributed by atoms with Gasteiger partial charge in [-0.3, -0.25) is 9.59 Å². The van der Waals surface area contributed by atoms with Gasteiger partial charge in [-0.2, -0.15) is 0 Å². The van der Waals surface area contributed by atoms with Crippen LogP contribution in [0, 0.1) is 0 Å². The van der Waals surface area contributed by atoms with E-state index in [1.165, 1.54) is 18.3 Å². The van der Waals surface area contributed by atoms with Crippen LogP contribution in [0.15, 0.2) is 90.4 Å². The third-order valence-electron chi connectivity index (χ3n) is 3.96. The molecule has 4 heteroatoms. The van der Waals surface area contributed by atoms with Crippen molar-refractivity contribution in [2.24, 2.45) is 0 Å². The number of ether oxygens (including phenoxy) is 1. The number of hydrogen-bond acceptors (Lipinski definition) is 3. The topological polar surface area (TPSA) is 59.2 Å². The number of nitrogens with one attached hydrogen (secondary N) is 1. The van der Waals surface area contributed by atoms with Gasteiger partial charge in [-0.1, -0.05) is 66.7 Å². The smallest absolute Gasteiger partial charge is 0.224 e. The summed E-state index contributed by atoms with van der Waals surface area (Å²) < 4.78 is 6.04. The van der Waals surface area contributed by atoms with Crippen molar-refractivity contribution in [3.8, 4) is 5.75 Å². The average Bonchev–Trinajstić information content (AvgIpc) is 2.68. The standard InChI is InChI=1S/C22H19NO3/c1-2-9-19(24)18-14-20(25)21(15-23-18)26-22(16-10-5-3-6-11-16)17-12-7-4-8-13-17/h2-8,10-15,22H,1,9H2,(H,23,25). The molecule has 2 aromatic carbocycles. The minimum absolute atomic E-state index is 0.165. The molecule has 1 heterocycles. The van der Waals surface area contributed by atoms with E-state index in [-0.39, 0.29) is 29.1 Å². The van der Waals surface area contributed by atoms with Crippen LogP contribution in [0.4, 0.5) is 0 Å². The molecule has 3 rings (SSSR count). The Bertz CT molecular complexity index is 906. The molecule has 0 radical (unpaired) electrons. The lowest BCUT2D eigenvalue weighted by atomic mass is 10.0. The summed E-state index contributed by atoms with van der Waals surface area (Å²) in [6.45, 7) is 3.54. The number of H-pyrrole nitrogens is 1. The van der Waals surface area contributed by atoms with Gasteiger partial charge in [-0.25, -0.2) is 0 Å². The highest BCUT2D eigenvalue weighted by molar-refractivity contribution is 5.95. The van der Waals surface area contributed by atoms with Gasteiger partial charge in [-0.05, 0) is 11.1 Å². The number of pyridine rings is 1. The Morgan fingerprint density at radius 1 is 1.04 bits per heavy atom. The Morgan fingerprint density at radius 3 is 2.12 bits per heavy atom. The van der Waals surface area contributed by atoms with E-state index in [4.69, 9.17) is 4.74 Å². The predicted molar refractivity (Wildman–Crippen MR) is 102 cm³/mol. The summed E-state index contributed by atoms with van der Waals surface area (Å²) in [5, 5.41) is 0. The number of aromatic amines is 1. The highest BCUT2D eigenvalue weighted by atomic mass is 16.5. The van der Waals surface area contributed by atoms with Crippen molar-refractivity contribution in [1.29, 1.82) is 0 Å². The third kappa shape index (κ3) is 3.98. The third-order valence-corrected chi connectivity index (χ3v) is 3.96. The van der Waals surface area contributed by atoms with E-state index in [0.717, 1.165) is 11.1 Å². The Hall–Kier alpha value is -3.40. The maximum Gasteiger partial charge on any atom is 0.224 e. The van der Waals surface area contributed by atoms with Crippen LogP contribution in [-0.4, -0.2) is 10.8 Å². The molecular formula is C22H19NO3. The summed E-state index contributed by atoms with van der Waals surface area (Å²) >= 11 is 0. The fraction of sp³-hybridized carbons (Fsp3) is 0.0909. The molecule has 1 aromatic heterocycles. The molecule has 4 nitrogen and oxygen atoms in total. The molecule has 3 aromatic rings. The second-order valence-electron chi connectivity index (χ2n) is 5.81. The quantitative estimate of drug-likeness (QED) is 0.513. The van der Waals surface area contributed by atoms with Crippen molar-refractivity contribution in [3.63, 3.8) is 0 Å². The van der Waals surface area contributed by atoms with Crippen molar-refractivity contribution in [3.05, 3.63) is 113 Å². The molecule has 0 saturated heterocycles. The number of aromatic nitrogens is 1. The number of Topliss-reactive ketones (excluding diaryl/α,β-unsaturated/α-hetero) is 1. The normalized spacial score (nSPS) is 10.5. The van der Waals surface area contributed by atoms with Crippen molar-refractivity contribution < 1.29 is 9.53 Å². The number of carbonyl (C=O) groups excluding carboxylic acids is 1. The van der Waals surface area contributed by atoms with Crippen LogP contribution in [0.1, 0.15) is 34.1 Å². The Morgan fingerprint density at radius 2 is 1.62 bits per heavy atom. The minimum atomic E-state index is -0.423. The molecule has 0 fully saturated rings. The maximum atomic E-state index is 12.4. The first-order valence-corrected chi connectivity index (χ1v) is 8.32. The average molecular weight is 345 g/mol. The molecule has 0 aliphatic heterocycles. The summed E-state index contributed by atoms with van der Waals surface area (Å²) in [6.07, 6.45) is 2.70. The van der Waals surface area contributed by atoms with Gasteiger partial charge in [-0.15, -0.1) is 6.58 Å². The van der Waals surface area contributed by atoms with E-state index in [2.05, 4.69) is 11.6 Å². The molecule has 0 aliphatic carbocycles. The first kappa shape index (κ1) is 17.4. The van der Waals surface area contributed by atoms with Crippen molar-refractivity contribution in [2.45, 2.75) is 12.5 Å². The van der Waals surface area contributed by atoms with Crippen LogP contribution in [0.3, 0.4) is 0 Å². The van der Waals surface area contributed by atoms with Gasteiger partial charge in [0.05, 0.1) is 5.69 Å². The number of rotatable bonds is 7. The van der Waals surface area contributed by atoms with E-state index < -0.39 is 6.10 Å². The van der Waals surface area contributed by atoms with Crippen LogP contribution in [0.25, 0.3) is 0 Å². The van der Waals surface area contributed by atoms with Gasteiger partial charge in [0, 0.05) is 18.7 Å². The molecule has 0 bridgehead atoms. The molecular weight excluding hydrogens is 326 g/mol. The van der Waals surface area contributed by atoms with Crippen molar-refractivity contribution in [1.82, 2.24) is 4.98 Å². The zero-order valence-electron chi connectivity index (χ0n) is 14.2. The number of allylic oxidation sites excluding steroid dienone is 1.